The third-order valence-corrected chi connectivity index (χ3v) is 6.70. The Morgan fingerprint density at radius 2 is 1.72 bits per heavy atom. The van der Waals surface area contributed by atoms with Crippen LogP contribution in [0, 0.1) is 5.82 Å². The van der Waals surface area contributed by atoms with Crippen molar-refractivity contribution < 1.29 is 33.3 Å². The van der Waals surface area contributed by atoms with Crippen LogP contribution in [0.4, 0.5) is 15.9 Å². The average Bonchev–Trinajstić information content (AvgIpc) is 3.00. The zero-order valence-corrected chi connectivity index (χ0v) is 24.5. The van der Waals surface area contributed by atoms with E-state index in [9.17, 15) is 9.18 Å². The number of rotatable bonds is 17. The number of nitrogens with zero attached hydrogens (tertiary/aromatic N) is 2. The lowest BCUT2D eigenvalue weighted by molar-refractivity contribution is -0.129. The van der Waals surface area contributed by atoms with Gasteiger partial charge in [0.15, 0.2) is 11.5 Å². The zero-order valence-electron chi connectivity index (χ0n) is 23.8. The van der Waals surface area contributed by atoms with Gasteiger partial charge in [0, 0.05) is 30.7 Å². The number of hydroxylamine groups is 1. The monoisotopic (exact) mass is 612 g/mol. The van der Waals surface area contributed by atoms with Crippen LogP contribution in [0.25, 0.3) is 10.9 Å². The maximum absolute atomic E-state index is 13.5. The number of halogens is 2. The maximum Gasteiger partial charge on any atom is 0.243 e. The molecule has 12 heteroatoms. The summed E-state index contributed by atoms with van der Waals surface area (Å²) < 4.78 is 36.4. The van der Waals surface area contributed by atoms with Crippen LogP contribution in [0.3, 0.4) is 0 Å². The van der Waals surface area contributed by atoms with E-state index in [1.807, 2.05) is 12.1 Å². The summed E-state index contributed by atoms with van der Waals surface area (Å²) in [4.78, 5) is 20.0. The molecule has 3 aromatic carbocycles. The highest BCUT2D eigenvalue weighted by Gasteiger charge is 2.14. The minimum Gasteiger partial charge on any atom is -0.490 e. The van der Waals surface area contributed by atoms with Crippen molar-refractivity contribution in [1.29, 1.82) is 0 Å². The summed E-state index contributed by atoms with van der Waals surface area (Å²) in [5, 5.41) is 13.0. The molecule has 3 N–H and O–H groups in total. The van der Waals surface area contributed by atoms with Crippen molar-refractivity contribution in [3.05, 3.63) is 77.3 Å². The van der Waals surface area contributed by atoms with Gasteiger partial charge < -0.3 is 24.3 Å². The number of aromatic nitrogens is 2. The standard InChI is InChI=1S/C31H34ClFN4O6/c1-40-13-14-42-29-18-26-24(17-28(29)41-12-5-3-2-4-9-30(38)37-39)31(35-20-34-26)36-23-10-11-27(25(32)16-23)43-19-21-7-6-8-22(33)15-21/h6-8,10-11,15-18,20,39H,2-5,9,12-14,19H2,1H3,(H,37,38)(H,34,35,36). The van der Waals surface area contributed by atoms with Crippen molar-refractivity contribution in [2.24, 2.45) is 0 Å². The first kappa shape index (κ1) is 31.7. The molecule has 0 spiro atoms. The molecule has 0 atom stereocenters. The molecule has 0 radical (unpaired) electrons. The Balaban J connectivity index is 1.45. The molecule has 0 saturated carbocycles. The van der Waals surface area contributed by atoms with Gasteiger partial charge in [-0.15, -0.1) is 0 Å². The van der Waals surface area contributed by atoms with Gasteiger partial charge in [-0.05, 0) is 54.8 Å². The number of nitrogens with one attached hydrogen (secondary N) is 2. The van der Waals surface area contributed by atoms with E-state index in [0.29, 0.717) is 76.5 Å². The Kier molecular flexibility index (Phi) is 12.1. The van der Waals surface area contributed by atoms with Crippen LogP contribution >= 0.6 is 11.6 Å². The second-order valence-electron chi connectivity index (χ2n) is 9.62. The maximum atomic E-state index is 13.5. The number of benzene rings is 3. The minimum atomic E-state index is -0.385. The van der Waals surface area contributed by atoms with Crippen molar-refractivity contribution in [3.8, 4) is 17.2 Å². The Hall–Kier alpha value is -4.19. The highest BCUT2D eigenvalue weighted by Crippen LogP contribution is 2.36. The van der Waals surface area contributed by atoms with Crippen LogP contribution in [0.2, 0.25) is 5.02 Å². The highest BCUT2D eigenvalue weighted by molar-refractivity contribution is 6.32. The third-order valence-electron chi connectivity index (χ3n) is 6.40. The van der Waals surface area contributed by atoms with Crippen molar-refractivity contribution in [1.82, 2.24) is 15.4 Å². The van der Waals surface area contributed by atoms with Crippen LogP contribution in [-0.4, -0.2) is 48.0 Å². The summed E-state index contributed by atoms with van der Waals surface area (Å²) in [6.45, 7) is 1.38. The topological polar surface area (TPSA) is 124 Å². The molecule has 43 heavy (non-hydrogen) atoms. The number of anilines is 2. The molecule has 0 unspecified atom stereocenters. The number of fused-ring (bicyclic) bond motifs is 1. The summed E-state index contributed by atoms with van der Waals surface area (Å²) >= 11 is 6.49. The molecule has 1 aromatic heterocycles. The van der Waals surface area contributed by atoms with Gasteiger partial charge in [0.25, 0.3) is 0 Å². The van der Waals surface area contributed by atoms with E-state index in [0.717, 1.165) is 19.3 Å². The number of hydrogen-bond acceptors (Lipinski definition) is 9. The van der Waals surface area contributed by atoms with Gasteiger partial charge in [-0.2, -0.15) is 0 Å². The molecule has 0 bridgehead atoms. The molecule has 10 nitrogen and oxygen atoms in total. The fourth-order valence-electron chi connectivity index (χ4n) is 4.22. The van der Waals surface area contributed by atoms with E-state index in [4.69, 9.17) is 35.8 Å². The largest absolute Gasteiger partial charge is 0.490 e. The smallest absolute Gasteiger partial charge is 0.243 e. The molecule has 0 aliphatic carbocycles. The summed E-state index contributed by atoms with van der Waals surface area (Å²) in [5.41, 5.74) is 3.67. The van der Waals surface area contributed by atoms with E-state index in [1.54, 1.807) is 42.9 Å². The van der Waals surface area contributed by atoms with Crippen LogP contribution in [0.1, 0.15) is 37.7 Å². The lowest BCUT2D eigenvalue weighted by Crippen LogP contribution is -2.17. The van der Waals surface area contributed by atoms with Crippen molar-refractivity contribution in [2.75, 3.05) is 32.2 Å². The molecular formula is C31H34ClFN4O6. The van der Waals surface area contributed by atoms with E-state index in [-0.39, 0.29) is 24.8 Å². The van der Waals surface area contributed by atoms with Gasteiger partial charge in [-0.1, -0.05) is 36.6 Å². The molecule has 0 aliphatic heterocycles. The molecule has 4 aromatic rings. The Bertz CT molecular complexity index is 1510. The second kappa shape index (κ2) is 16.4. The Morgan fingerprint density at radius 3 is 2.51 bits per heavy atom. The molecular weight excluding hydrogens is 579 g/mol. The van der Waals surface area contributed by atoms with Crippen LogP contribution < -0.4 is 25.0 Å². The molecule has 0 aliphatic rings. The van der Waals surface area contributed by atoms with Gasteiger partial charge in [0.2, 0.25) is 5.91 Å². The number of unbranched alkanes of at least 4 members (excludes halogenated alkanes) is 3. The van der Waals surface area contributed by atoms with Crippen LogP contribution in [-0.2, 0) is 16.1 Å². The van der Waals surface area contributed by atoms with E-state index >= 15 is 0 Å². The molecule has 228 valence electrons. The van der Waals surface area contributed by atoms with Gasteiger partial charge in [0.1, 0.15) is 36.9 Å². The average molecular weight is 613 g/mol. The van der Waals surface area contributed by atoms with E-state index in [1.165, 1.54) is 18.5 Å². The van der Waals surface area contributed by atoms with E-state index < -0.39 is 0 Å². The Labute approximate surface area is 254 Å². The first-order chi connectivity index (χ1) is 21.0. The molecule has 1 amide bonds. The normalized spacial score (nSPS) is 10.9. The fraction of sp³-hybridized carbons (Fsp3) is 0.323. The minimum absolute atomic E-state index is 0.180. The van der Waals surface area contributed by atoms with Gasteiger partial charge in [0.05, 0.1) is 23.8 Å². The SMILES string of the molecule is COCCOc1cc2ncnc(Nc3ccc(OCc4cccc(F)c4)c(Cl)c3)c2cc1OCCCCCCC(=O)NO. The summed E-state index contributed by atoms with van der Waals surface area (Å²) in [6.07, 6.45) is 4.91. The third kappa shape index (κ3) is 9.67. The fourth-order valence-corrected chi connectivity index (χ4v) is 4.46. The van der Waals surface area contributed by atoms with Gasteiger partial charge in [-0.25, -0.2) is 19.8 Å². The van der Waals surface area contributed by atoms with Crippen molar-refractivity contribution in [3.63, 3.8) is 0 Å². The van der Waals surface area contributed by atoms with Gasteiger partial charge >= 0.3 is 0 Å². The molecule has 0 fully saturated rings. The summed E-state index contributed by atoms with van der Waals surface area (Å²) in [5.74, 6) is 1.38. The number of hydrogen-bond donors (Lipinski definition) is 3. The van der Waals surface area contributed by atoms with Gasteiger partial charge in [-0.3, -0.25) is 10.0 Å². The number of amides is 1. The lowest BCUT2D eigenvalue weighted by Gasteiger charge is -2.16. The zero-order chi connectivity index (χ0) is 30.4. The van der Waals surface area contributed by atoms with Crippen molar-refractivity contribution in [2.45, 2.75) is 38.7 Å². The molecule has 0 saturated heterocycles. The second-order valence-corrected chi connectivity index (χ2v) is 10.0. The predicted molar refractivity (Wildman–Crippen MR) is 161 cm³/mol. The number of carbonyl (C=O) groups is 1. The lowest BCUT2D eigenvalue weighted by atomic mass is 10.1. The summed E-state index contributed by atoms with van der Waals surface area (Å²) in [7, 11) is 1.60. The number of ether oxygens (including phenoxy) is 4. The van der Waals surface area contributed by atoms with Crippen molar-refractivity contribution >= 4 is 39.9 Å². The van der Waals surface area contributed by atoms with Crippen LogP contribution in [0.5, 0.6) is 17.2 Å². The molecule has 1 heterocycles. The first-order valence-corrected chi connectivity index (χ1v) is 14.2. The van der Waals surface area contributed by atoms with E-state index in [2.05, 4.69) is 15.3 Å². The highest BCUT2D eigenvalue weighted by atomic mass is 35.5. The predicted octanol–water partition coefficient (Wildman–Crippen LogP) is 6.60. The van der Waals surface area contributed by atoms with Crippen LogP contribution in [0.15, 0.2) is 60.9 Å². The first-order valence-electron chi connectivity index (χ1n) is 13.9. The Morgan fingerprint density at radius 1 is 0.907 bits per heavy atom. The number of carbonyl (C=O) groups excluding carboxylic acids is 1. The quantitative estimate of drug-likeness (QED) is 0.0687. The summed E-state index contributed by atoms with van der Waals surface area (Å²) in [6, 6.07) is 15.1. The molecule has 4 rings (SSSR count). The number of methoxy groups -OCH3 is 1.